The lowest BCUT2D eigenvalue weighted by Gasteiger charge is -2.33. The van der Waals surface area contributed by atoms with Gasteiger partial charge < -0.3 is 10.0 Å². The number of thiophene rings is 3. The standard InChI is InChI=1S/C33H24N2O2S3/c34-17-21(33(36)37)13-23-9-11-26(38-23)28-16-30-29(40-28)15-27(39-30)18-8-10-25-24(14-18)31-19-6-7-20(12-19)32(31)35(25)22-4-2-1-3-5-22/h1-5,8-11,13-16,19-20,31-32H,6-7,12H2,(H,36,37)/b21-13+. The number of hydrogen-bond acceptors (Lipinski definition) is 6. The molecule has 2 saturated carbocycles. The number of fused-ring (bicyclic) bond motifs is 8. The van der Waals surface area contributed by atoms with Gasteiger partial charge in [-0.3, -0.25) is 0 Å². The Kier molecular flexibility index (Phi) is 5.53. The van der Waals surface area contributed by atoms with E-state index < -0.39 is 5.97 Å². The number of para-hydroxylation sites is 1. The van der Waals surface area contributed by atoms with Crippen LogP contribution < -0.4 is 4.90 Å². The van der Waals surface area contributed by atoms with Crippen molar-refractivity contribution in [2.75, 3.05) is 4.90 Å². The molecule has 1 aliphatic heterocycles. The van der Waals surface area contributed by atoms with Gasteiger partial charge in [0.25, 0.3) is 0 Å². The number of aliphatic carboxylic acids is 1. The fourth-order valence-corrected chi connectivity index (χ4v) is 10.7. The summed E-state index contributed by atoms with van der Waals surface area (Å²) in [7, 11) is 0. The van der Waals surface area contributed by atoms with Gasteiger partial charge in [-0.05, 0) is 96.8 Å². The first-order chi connectivity index (χ1) is 19.6. The van der Waals surface area contributed by atoms with Crippen LogP contribution in [0.25, 0.3) is 35.7 Å². The summed E-state index contributed by atoms with van der Waals surface area (Å²) in [5.41, 5.74) is 5.31. The molecular weight excluding hydrogens is 553 g/mol. The predicted molar refractivity (Wildman–Crippen MR) is 166 cm³/mol. The molecule has 2 bridgehead atoms. The van der Waals surface area contributed by atoms with Crippen LogP contribution >= 0.6 is 34.0 Å². The Morgan fingerprint density at radius 2 is 1.68 bits per heavy atom. The molecule has 4 heterocycles. The molecular formula is C33H24N2O2S3. The van der Waals surface area contributed by atoms with Crippen LogP contribution in [0.3, 0.4) is 0 Å². The van der Waals surface area contributed by atoms with Crippen molar-refractivity contribution in [3.8, 4) is 26.3 Å². The SMILES string of the molecule is N#C/C(=C\c1ccc(-c2cc3sc(-c4ccc5c(c4)C4C6CCC(C6)C4N5c4ccccc4)cc3s2)s1)C(=O)O. The number of carboxylic acids is 1. The molecule has 40 heavy (non-hydrogen) atoms. The van der Waals surface area contributed by atoms with Crippen LogP contribution in [-0.2, 0) is 4.79 Å². The van der Waals surface area contributed by atoms with Crippen LogP contribution in [0.5, 0.6) is 0 Å². The smallest absolute Gasteiger partial charge is 0.346 e. The van der Waals surface area contributed by atoms with Gasteiger partial charge in [-0.2, -0.15) is 5.26 Å². The molecule has 4 atom stereocenters. The average molecular weight is 577 g/mol. The summed E-state index contributed by atoms with van der Waals surface area (Å²) in [6, 6.07) is 28.9. The lowest BCUT2D eigenvalue weighted by Crippen LogP contribution is -2.35. The summed E-state index contributed by atoms with van der Waals surface area (Å²) in [6.45, 7) is 0. The topological polar surface area (TPSA) is 64.3 Å². The summed E-state index contributed by atoms with van der Waals surface area (Å²) in [5.74, 6) is 1.03. The summed E-state index contributed by atoms with van der Waals surface area (Å²) in [4.78, 5) is 18.2. The third-order valence-electron chi connectivity index (χ3n) is 8.85. The van der Waals surface area contributed by atoms with Crippen molar-refractivity contribution in [3.05, 3.63) is 88.8 Å². The van der Waals surface area contributed by atoms with Gasteiger partial charge in [-0.25, -0.2) is 4.79 Å². The minimum Gasteiger partial charge on any atom is -0.477 e. The van der Waals surface area contributed by atoms with E-state index in [1.54, 1.807) is 17.4 Å². The summed E-state index contributed by atoms with van der Waals surface area (Å²) in [6.07, 6.45) is 5.54. The van der Waals surface area contributed by atoms with E-state index in [0.29, 0.717) is 12.0 Å². The van der Waals surface area contributed by atoms with Crippen molar-refractivity contribution >= 4 is 66.8 Å². The van der Waals surface area contributed by atoms with Gasteiger partial charge in [0.2, 0.25) is 0 Å². The predicted octanol–water partition coefficient (Wildman–Crippen LogP) is 9.38. The molecule has 0 saturated heterocycles. The van der Waals surface area contributed by atoms with Gasteiger partial charge >= 0.3 is 5.97 Å². The van der Waals surface area contributed by atoms with Gasteiger partial charge in [0.15, 0.2) is 0 Å². The van der Waals surface area contributed by atoms with Crippen LogP contribution in [0, 0.1) is 23.2 Å². The van der Waals surface area contributed by atoms with Crippen molar-refractivity contribution in [3.63, 3.8) is 0 Å². The van der Waals surface area contributed by atoms with Gasteiger partial charge in [0.05, 0.1) is 0 Å². The molecule has 1 N–H and O–H groups in total. The summed E-state index contributed by atoms with van der Waals surface area (Å²) in [5, 5.41) is 18.2. The Morgan fingerprint density at radius 3 is 2.48 bits per heavy atom. The maximum Gasteiger partial charge on any atom is 0.346 e. The average Bonchev–Trinajstić information content (AvgIpc) is 3.80. The minimum absolute atomic E-state index is 0.247. The maximum atomic E-state index is 11.2. The monoisotopic (exact) mass is 576 g/mol. The van der Waals surface area contributed by atoms with Crippen molar-refractivity contribution in [2.45, 2.75) is 31.2 Å². The Bertz CT molecular complexity index is 1840. The van der Waals surface area contributed by atoms with Crippen LogP contribution in [0.1, 0.15) is 35.6 Å². The quantitative estimate of drug-likeness (QED) is 0.167. The molecule has 0 amide bonds. The number of nitrogens with zero attached hydrogens (tertiary/aromatic N) is 2. The molecule has 3 aromatic heterocycles. The van der Waals surface area contributed by atoms with Crippen molar-refractivity contribution in [2.24, 2.45) is 11.8 Å². The highest BCUT2D eigenvalue weighted by atomic mass is 32.1. The summed E-state index contributed by atoms with van der Waals surface area (Å²) < 4.78 is 2.54. The maximum absolute atomic E-state index is 11.2. The second-order valence-corrected chi connectivity index (χ2v) is 14.2. The number of carbonyl (C=O) groups is 1. The molecule has 4 nitrogen and oxygen atoms in total. The normalized spacial score (nSPS) is 23.0. The zero-order valence-corrected chi connectivity index (χ0v) is 23.9. The van der Waals surface area contributed by atoms with Crippen LogP contribution in [0.15, 0.2) is 78.4 Å². The highest BCUT2D eigenvalue weighted by Gasteiger charge is 2.55. The second-order valence-electron chi connectivity index (χ2n) is 11.0. The molecule has 5 aromatic rings. The Morgan fingerprint density at radius 1 is 0.900 bits per heavy atom. The zero-order valence-electron chi connectivity index (χ0n) is 21.4. The molecule has 196 valence electrons. The molecule has 0 spiro atoms. The molecule has 2 aromatic carbocycles. The van der Waals surface area contributed by atoms with Crippen molar-refractivity contribution in [1.82, 2.24) is 0 Å². The molecule has 7 heteroatoms. The molecule has 8 rings (SSSR count). The first kappa shape index (κ1) is 24.1. The van der Waals surface area contributed by atoms with Gasteiger partial charge in [0.1, 0.15) is 11.6 Å². The summed E-state index contributed by atoms with van der Waals surface area (Å²) >= 11 is 5.12. The number of nitriles is 1. The lowest BCUT2D eigenvalue weighted by atomic mass is 9.82. The van der Waals surface area contributed by atoms with Crippen LogP contribution in [-0.4, -0.2) is 17.1 Å². The third kappa shape index (κ3) is 3.71. The van der Waals surface area contributed by atoms with E-state index in [2.05, 4.69) is 65.6 Å². The van der Waals surface area contributed by atoms with E-state index >= 15 is 0 Å². The Labute approximate surface area is 244 Å². The Balaban J connectivity index is 1.12. The number of carboxylic acid groups (broad SMARTS) is 1. The number of rotatable bonds is 5. The fraction of sp³-hybridized carbons (Fsp3) is 0.212. The number of benzene rings is 2. The first-order valence-corrected chi connectivity index (χ1v) is 16.0. The van der Waals surface area contributed by atoms with Gasteiger partial charge in [-0.1, -0.05) is 24.3 Å². The molecule has 3 aliphatic rings. The van der Waals surface area contributed by atoms with E-state index in [9.17, 15) is 4.79 Å². The van der Waals surface area contributed by atoms with E-state index in [1.165, 1.54) is 78.3 Å². The fourth-order valence-electron chi connectivity index (χ4n) is 7.27. The van der Waals surface area contributed by atoms with Crippen LogP contribution in [0.2, 0.25) is 0 Å². The highest BCUT2D eigenvalue weighted by Crippen LogP contribution is 2.62. The van der Waals surface area contributed by atoms with Gasteiger partial charge in [0, 0.05) is 52.2 Å². The highest BCUT2D eigenvalue weighted by molar-refractivity contribution is 7.32. The van der Waals surface area contributed by atoms with E-state index in [4.69, 9.17) is 10.4 Å². The third-order valence-corrected chi connectivity index (χ3v) is 12.4. The lowest BCUT2D eigenvalue weighted by molar-refractivity contribution is -0.132. The van der Waals surface area contributed by atoms with E-state index in [-0.39, 0.29) is 5.57 Å². The molecule has 0 radical (unpaired) electrons. The van der Waals surface area contributed by atoms with E-state index in [0.717, 1.165) is 21.6 Å². The Hall–Kier alpha value is -3.70. The number of anilines is 2. The minimum atomic E-state index is -1.20. The molecule has 2 fully saturated rings. The van der Waals surface area contributed by atoms with E-state index in [1.807, 2.05) is 23.5 Å². The van der Waals surface area contributed by atoms with Gasteiger partial charge in [-0.15, -0.1) is 34.0 Å². The molecule has 2 aliphatic carbocycles. The zero-order chi connectivity index (χ0) is 27.0. The number of hydrogen-bond donors (Lipinski definition) is 1. The van der Waals surface area contributed by atoms with Crippen molar-refractivity contribution in [1.29, 1.82) is 5.26 Å². The van der Waals surface area contributed by atoms with Crippen LogP contribution in [0.4, 0.5) is 11.4 Å². The second kappa shape index (κ2) is 9.17. The largest absolute Gasteiger partial charge is 0.477 e. The van der Waals surface area contributed by atoms with Crippen molar-refractivity contribution < 1.29 is 9.90 Å². The first-order valence-electron chi connectivity index (χ1n) is 13.5. The molecule has 4 unspecified atom stereocenters.